The monoisotopic (exact) mass is 289 g/mol. The van der Waals surface area contributed by atoms with Crippen LogP contribution >= 0.6 is 0 Å². The molecule has 21 heavy (non-hydrogen) atoms. The number of halogens is 1. The van der Waals surface area contributed by atoms with Crippen molar-refractivity contribution in [3.05, 3.63) is 70.5 Å². The molecule has 0 saturated heterocycles. The van der Waals surface area contributed by atoms with Gasteiger partial charge in [-0.1, -0.05) is 7.43 Å². The van der Waals surface area contributed by atoms with Crippen molar-refractivity contribution in [2.45, 2.75) is 7.43 Å². The van der Waals surface area contributed by atoms with Crippen LogP contribution in [0.1, 0.15) is 17.9 Å². The predicted octanol–water partition coefficient (Wildman–Crippen LogP) is 1.92. The Bertz CT molecular complexity index is 706. The van der Waals surface area contributed by atoms with E-state index in [1.165, 1.54) is 53.5 Å². The van der Waals surface area contributed by atoms with Gasteiger partial charge in [-0.25, -0.2) is 9.07 Å². The minimum Gasteiger partial charge on any atom is -0.394 e. The van der Waals surface area contributed by atoms with Crippen molar-refractivity contribution in [1.29, 1.82) is 0 Å². The molecule has 0 spiro atoms. The molecule has 0 bridgehead atoms. The van der Waals surface area contributed by atoms with Crippen LogP contribution in [-0.2, 0) is 0 Å². The standard InChI is InChI=1S/C14H12FN3O2.CH4/c1-16-8-6-12(19)14-13(20)7-9-18(17-14)11-4-2-10(15)3-5-11;/h2-9,16H,1H3;1H4. The van der Waals surface area contributed by atoms with Crippen LogP contribution in [0.3, 0.4) is 0 Å². The number of nitrogens with one attached hydrogen (secondary N) is 1. The summed E-state index contributed by atoms with van der Waals surface area (Å²) in [6, 6.07) is 6.81. The molecule has 0 fully saturated rings. The van der Waals surface area contributed by atoms with E-state index in [4.69, 9.17) is 0 Å². The zero-order chi connectivity index (χ0) is 14.5. The highest BCUT2D eigenvalue weighted by atomic mass is 19.1. The molecule has 1 aromatic carbocycles. The molecule has 2 rings (SSSR count). The minimum atomic E-state index is -0.499. The Kier molecular flexibility index (Phi) is 5.54. The zero-order valence-corrected chi connectivity index (χ0v) is 10.7. The number of benzene rings is 1. The fourth-order valence-corrected chi connectivity index (χ4v) is 1.55. The number of hydrogen-bond donors (Lipinski definition) is 1. The number of carbonyl (C=O) groups is 1. The molecule has 0 amide bonds. The van der Waals surface area contributed by atoms with E-state index in [1.807, 2.05) is 0 Å². The molecule has 0 aliphatic heterocycles. The second kappa shape index (κ2) is 7.14. The number of carbonyl (C=O) groups excluding carboxylic acids is 1. The Morgan fingerprint density at radius 3 is 2.57 bits per heavy atom. The third-order valence-electron chi connectivity index (χ3n) is 2.53. The van der Waals surface area contributed by atoms with E-state index in [2.05, 4.69) is 10.4 Å². The second-order valence-corrected chi connectivity index (χ2v) is 3.94. The molecule has 1 aromatic heterocycles. The highest BCUT2D eigenvalue weighted by molar-refractivity contribution is 6.02. The van der Waals surface area contributed by atoms with Gasteiger partial charge in [-0.05, 0) is 24.3 Å². The molecular formula is C15H16FN3O2. The molecule has 1 N–H and O–H groups in total. The quantitative estimate of drug-likeness (QED) is 0.690. The summed E-state index contributed by atoms with van der Waals surface area (Å²) in [5.41, 5.74) is -0.101. The first-order valence-electron chi connectivity index (χ1n) is 5.86. The fraction of sp³-hybridized carbons (Fsp3) is 0.133. The first kappa shape index (κ1) is 16.3. The molecule has 0 aliphatic carbocycles. The molecule has 0 radical (unpaired) electrons. The maximum atomic E-state index is 12.9. The van der Waals surface area contributed by atoms with Crippen molar-refractivity contribution >= 4 is 5.78 Å². The van der Waals surface area contributed by atoms with E-state index in [-0.39, 0.29) is 18.9 Å². The van der Waals surface area contributed by atoms with Crippen molar-refractivity contribution in [1.82, 2.24) is 15.1 Å². The summed E-state index contributed by atoms with van der Waals surface area (Å²) in [7, 11) is 1.64. The molecule has 1 heterocycles. The van der Waals surface area contributed by atoms with E-state index < -0.39 is 11.2 Å². The summed E-state index contributed by atoms with van der Waals surface area (Å²) in [6.07, 6.45) is 4.06. The molecule has 0 unspecified atom stereocenters. The summed E-state index contributed by atoms with van der Waals surface area (Å²) in [4.78, 5) is 23.4. The molecule has 5 nitrogen and oxygen atoms in total. The lowest BCUT2D eigenvalue weighted by atomic mass is 10.2. The van der Waals surface area contributed by atoms with Gasteiger partial charge in [0.2, 0.25) is 11.2 Å². The highest BCUT2D eigenvalue weighted by Crippen LogP contribution is 2.07. The van der Waals surface area contributed by atoms with Crippen LogP contribution in [0.15, 0.2) is 53.6 Å². The second-order valence-electron chi connectivity index (χ2n) is 3.94. The Labute approximate surface area is 121 Å². The van der Waals surface area contributed by atoms with Crippen LogP contribution in [-0.4, -0.2) is 22.6 Å². The SMILES string of the molecule is C.CNC=CC(=O)c1nn(-c2ccc(F)cc2)ccc1=O. The molecule has 6 heteroatoms. The predicted molar refractivity (Wildman–Crippen MR) is 79.1 cm³/mol. The van der Waals surface area contributed by atoms with Gasteiger partial charge in [0, 0.05) is 31.6 Å². The van der Waals surface area contributed by atoms with E-state index in [0.717, 1.165) is 0 Å². The minimum absolute atomic E-state index is 0. The number of hydrogen-bond acceptors (Lipinski definition) is 4. The Morgan fingerprint density at radius 2 is 1.95 bits per heavy atom. The molecule has 2 aromatic rings. The summed E-state index contributed by atoms with van der Waals surface area (Å²) < 4.78 is 14.2. The third kappa shape index (κ3) is 3.85. The average molecular weight is 289 g/mol. The van der Waals surface area contributed by atoms with Crippen molar-refractivity contribution in [2.75, 3.05) is 7.05 Å². The number of nitrogens with zero attached hydrogens (tertiary/aromatic N) is 2. The van der Waals surface area contributed by atoms with Gasteiger partial charge in [0.15, 0.2) is 5.69 Å². The molecule has 0 saturated carbocycles. The Balaban J connectivity index is 0.00000220. The van der Waals surface area contributed by atoms with Crippen LogP contribution in [0.2, 0.25) is 0 Å². The largest absolute Gasteiger partial charge is 0.394 e. The lowest BCUT2D eigenvalue weighted by Gasteiger charge is -2.05. The summed E-state index contributed by atoms with van der Waals surface area (Å²) in [5, 5.41) is 6.64. The van der Waals surface area contributed by atoms with Gasteiger partial charge >= 0.3 is 0 Å². The molecule has 0 aliphatic rings. The summed E-state index contributed by atoms with van der Waals surface area (Å²) in [5.74, 6) is -0.871. The Morgan fingerprint density at radius 1 is 1.29 bits per heavy atom. The van der Waals surface area contributed by atoms with Crippen molar-refractivity contribution in [3.8, 4) is 5.69 Å². The first-order valence-corrected chi connectivity index (χ1v) is 5.86. The molecule has 110 valence electrons. The van der Waals surface area contributed by atoms with Gasteiger partial charge in [-0.15, -0.1) is 0 Å². The highest BCUT2D eigenvalue weighted by Gasteiger charge is 2.10. The van der Waals surface area contributed by atoms with E-state index in [0.29, 0.717) is 5.69 Å². The van der Waals surface area contributed by atoms with Crippen molar-refractivity contribution < 1.29 is 9.18 Å². The Hall–Kier alpha value is -2.76. The maximum absolute atomic E-state index is 12.9. The van der Waals surface area contributed by atoms with E-state index in [9.17, 15) is 14.0 Å². The molecule has 0 atom stereocenters. The van der Waals surface area contributed by atoms with Crippen molar-refractivity contribution in [2.24, 2.45) is 0 Å². The normalized spacial score (nSPS) is 10.2. The van der Waals surface area contributed by atoms with Crippen molar-refractivity contribution in [3.63, 3.8) is 0 Å². The number of ketones is 1. The number of aromatic nitrogens is 2. The van der Waals surface area contributed by atoms with Gasteiger partial charge in [0.25, 0.3) is 0 Å². The van der Waals surface area contributed by atoms with Crippen LogP contribution in [0.25, 0.3) is 5.69 Å². The first-order chi connectivity index (χ1) is 9.61. The average Bonchev–Trinajstić information content (AvgIpc) is 2.46. The third-order valence-corrected chi connectivity index (χ3v) is 2.53. The van der Waals surface area contributed by atoms with Crippen LogP contribution < -0.4 is 10.7 Å². The topological polar surface area (TPSA) is 64.0 Å². The van der Waals surface area contributed by atoms with Gasteiger partial charge in [-0.2, -0.15) is 5.10 Å². The lowest BCUT2D eigenvalue weighted by molar-refractivity contribution is 0.103. The van der Waals surface area contributed by atoms with Crippen LogP contribution in [0.5, 0.6) is 0 Å². The van der Waals surface area contributed by atoms with Gasteiger partial charge in [0.05, 0.1) is 5.69 Å². The zero-order valence-electron chi connectivity index (χ0n) is 10.7. The smallest absolute Gasteiger partial charge is 0.211 e. The number of allylic oxidation sites excluding steroid dienone is 1. The van der Waals surface area contributed by atoms with Gasteiger partial charge in [0.1, 0.15) is 5.82 Å². The van der Waals surface area contributed by atoms with Crippen LogP contribution in [0.4, 0.5) is 4.39 Å². The maximum Gasteiger partial charge on any atom is 0.211 e. The number of rotatable bonds is 4. The summed E-state index contributed by atoms with van der Waals surface area (Å²) >= 11 is 0. The van der Waals surface area contributed by atoms with E-state index >= 15 is 0 Å². The van der Waals surface area contributed by atoms with Gasteiger partial charge in [-0.3, -0.25) is 9.59 Å². The molecular weight excluding hydrogens is 273 g/mol. The fourth-order valence-electron chi connectivity index (χ4n) is 1.55. The van der Waals surface area contributed by atoms with Gasteiger partial charge < -0.3 is 5.32 Å². The summed E-state index contributed by atoms with van der Waals surface area (Å²) in [6.45, 7) is 0. The van der Waals surface area contributed by atoms with Crippen LogP contribution in [0, 0.1) is 5.82 Å². The lowest BCUT2D eigenvalue weighted by Crippen LogP contribution is -2.19. The van der Waals surface area contributed by atoms with E-state index in [1.54, 1.807) is 7.05 Å².